The first-order chi connectivity index (χ1) is 11.6. The van der Waals surface area contributed by atoms with Crippen LogP contribution in [0.1, 0.15) is 0 Å². The first kappa shape index (κ1) is 15.0. The van der Waals surface area contributed by atoms with Crippen LogP contribution in [0.4, 0.5) is 4.39 Å². The van der Waals surface area contributed by atoms with Crippen molar-refractivity contribution in [2.75, 3.05) is 0 Å². The number of fused-ring (bicyclic) bond motifs is 3. The molecular weight excluding hydrogens is 371 g/mol. The molecule has 0 saturated heterocycles. The fourth-order valence-electron chi connectivity index (χ4n) is 2.86. The Morgan fingerprint density at radius 1 is 0.792 bits per heavy atom. The zero-order valence-electron chi connectivity index (χ0n) is 12.5. The van der Waals surface area contributed by atoms with Crippen molar-refractivity contribution in [1.82, 2.24) is 0 Å². The van der Waals surface area contributed by atoms with E-state index in [0.29, 0.717) is 9.86 Å². The van der Waals surface area contributed by atoms with E-state index in [9.17, 15) is 9.50 Å². The fraction of sp³-hybridized carbons (Fsp3) is 0. The number of benzene rings is 4. The van der Waals surface area contributed by atoms with Crippen molar-refractivity contribution in [3.63, 3.8) is 0 Å². The lowest BCUT2D eigenvalue weighted by Gasteiger charge is -2.15. The Hall–Kier alpha value is -2.59. The maximum absolute atomic E-state index is 14.1. The molecule has 1 N–H and O–H groups in total. The topological polar surface area (TPSA) is 29.5 Å². The largest absolute Gasteiger partial charge is 0.504 e. The Bertz CT molecular complexity index is 1080. The van der Waals surface area contributed by atoms with Gasteiger partial charge in [-0.3, -0.25) is 0 Å². The number of phenols is 1. The average Bonchev–Trinajstić information content (AvgIpc) is 2.61. The normalized spacial score (nSPS) is 11.1. The summed E-state index contributed by atoms with van der Waals surface area (Å²) in [5.41, 5.74) is 0. The fourth-order valence-corrected chi connectivity index (χ4v) is 3.20. The molecule has 4 aromatic rings. The highest BCUT2D eigenvalue weighted by Crippen LogP contribution is 2.45. The Kier molecular flexibility index (Phi) is 3.62. The van der Waals surface area contributed by atoms with Crippen LogP contribution < -0.4 is 4.74 Å². The summed E-state index contributed by atoms with van der Waals surface area (Å²) in [7, 11) is 0. The lowest BCUT2D eigenvalue weighted by Crippen LogP contribution is -1.91. The highest BCUT2D eigenvalue weighted by Gasteiger charge is 2.16. The zero-order valence-corrected chi connectivity index (χ0v) is 14.0. The van der Waals surface area contributed by atoms with E-state index in [4.69, 9.17) is 4.74 Å². The van der Waals surface area contributed by atoms with Crippen LogP contribution in [0.5, 0.6) is 17.2 Å². The Labute approximate surface area is 146 Å². The van der Waals surface area contributed by atoms with Gasteiger partial charge in [0.05, 0.1) is 0 Å². The van der Waals surface area contributed by atoms with Gasteiger partial charge < -0.3 is 9.84 Å². The molecule has 0 radical (unpaired) electrons. The number of hydrogen-bond acceptors (Lipinski definition) is 2. The SMILES string of the molecule is Oc1c(Oc2cc(Br)ccc2F)c2ccccc2c2ccccc12. The Morgan fingerprint density at radius 3 is 2.08 bits per heavy atom. The maximum atomic E-state index is 14.1. The van der Waals surface area contributed by atoms with Crippen molar-refractivity contribution in [2.24, 2.45) is 0 Å². The van der Waals surface area contributed by atoms with E-state index in [1.165, 1.54) is 6.07 Å². The summed E-state index contributed by atoms with van der Waals surface area (Å²) >= 11 is 3.31. The molecule has 0 unspecified atom stereocenters. The summed E-state index contributed by atoms with van der Waals surface area (Å²) in [6.07, 6.45) is 0. The quantitative estimate of drug-likeness (QED) is 0.406. The highest BCUT2D eigenvalue weighted by molar-refractivity contribution is 9.10. The van der Waals surface area contributed by atoms with Gasteiger partial charge in [-0.25, -0.2) is 4.39 Å². The average molecular weight is 383 g/mol. The smallest absolute Gasteiger partial charge is 0.177 e. The van der Waals surface area contributed by atoms with Gasteiger partial charge in [0, 0.05) is 15.2 Å². The molecule has 0 atom stereocenters. The van der Waals surface area contributed by atoms with E-state index in [1.807, 2.05) is 48.5 Å². The van der Waals surface area contributed by atoms with Gasteiger partial charge in [-0.2, -0.15) is 0 Å². The molecule has 0 bridgehead atoms. The molecule has 0 amide bonds. The third kappa shape index (κ3) is 2.39. The second-order valence-electron chi connectivity index (χ2n) is 5.45. The monoisotopic (exact) mass is 382 g/mol. The summed E-state index contributed by atoms with van der Waals surface area (Å²) in [6, 6.07) is 19.6. The number of ether oxygens (including phenoxy) is 1. The van der Waals surface area contributed by atoms with Crippen LogP contribution in [0.15, 0.2) is 71.2 Å². The minimum atomic E-state index is -0.491. The highest BCUT2D eigenvalue weighted by atomic mass is 79.9. The first-order valence-electron chi connectivity index (χ1n) is 7.40. The zero-order chi connectivity index (χ0) is 16.7. The molecule has 4 heteroatoms. The standard InChI is InChI=1S/C20H12BrFO2/c21-12-9-10-17(22)18(11-12)24-20-16-8-4-2-6-14(16)13-5-1-3-7-15(13)19(20)23/h1-11,23H. The van der Waals surface area contributed by atoms with Crippen molar-refractivity contribution in [2.45, 2.75) is 0 Å². The molecule has 0 heterocycles. The van der Waals surface area contributed by atoms with Gasteiger partial charge in [-0.15, -0.1) is 0 Å². The van der Waals surface area contributed by atoms with Gasteiger partial charge >= 0.3 is 0 Å². The molecule has 0 aromatic heterocycles. The van der Waals surface area contributed by atoms with E-state index in [1.54, 1.807) is 12.1 Å². The number of rotatable bonds is 2. The van der Waals surface area contributed by atoms with Gasteiger partial charge in [-0.1, -0.05) is 64.5 Å². The first-order valence-corrected chi connectivity index (χ1v) is 8.20. The minimum Gasteiger partial charge on any atom is -0.504 e. The molecule has 0 aliphatic carbocycles. The predicted octanol–water partition coefficient (Wildman–Crippen LogP) is 6.39. The minimum absolute atomic E-state index is 0.00340. The molecular formula is C20H12BrFO2. The summed E-state index contributed by atoms with van der Waals surface area (Å²) in [4.78, 5) is 0. The number of phenolic OH excluding ortho intramolecular Hbond substituents is 1. The number of aromatic hydroxyl groups is 1. The molecule has 0 aliphatic rings. The van der Waals surface area contributed by atoms with Crippen molar-refractivity contribution >= 4 is 37.5 Å². The molecule has 0 fully saturated rings. The predicted molar refractivity (Wildman–Crippen MR) is 97.3 cm³/mol. The van der Waals surface area contributed by atoms with Gasteiger partial charge in [0.15, 0.2) is 23.1 Å². The third-order valence-electron chi connectivity index (χ3n) is 3.96. The van der Waals surface area contributed by atoms with Crippen LogP contribution in [0.2, 0.25) is 0 Å². The van der Waals surface area contributed by atoms with Crippen LogP contribution in [-0.4, -0.2) is 5.11 Å². The Morgan fingerprint density at radius 2 is 1.38 bits per heavy atom. The van der Waals surface area contributed by atoms with Crippen molar-refractivity contribution < 1.29 is 14.2 Å². The van der Waals surface area contributed by atoms with Crippen LogP contribution in [0.25, 0.3) is 21.5 Å². The molecule has 4 rings (SSSR count). The van der Waals surface area contributed by atoms with E-state index < -0.39 is 5.82 Å². The number of hydrogen-bond donors (Lipinski definition) is 1. The van der Waals surface area contributed by atoms with Crippen LogP contribution >= 0.6 is 15.9 Å². The summed E-state index contributed by atoms with van der Waals surface area (Å²) in [5, 5.41) is 14.0. The van der Waals surface area contributed by atoms with Gasteiger partial charge in [0.1, 0.15) is 0 Å². The van der Waals surface area contributed by atoms with E-state index in [2.05, 4.69) is 15.9 Å². The molecule has 0 aliphatic heterocycles. The van der Waals surface area contributed by atoms with Crippen molar-refractivity contribution in [3.8, 4) is 17.2 Å². The number of halogens is 2. The van der Waals surface area contributed by atoms with Gasteiger partial charge in [0.2, 0.25) is 0 Å². The van der Waals surface area contributed by atoms with Crippen LogP contribution in [0, 0.1) is 5.82 Å². The maximum Gasteiger partial charge on any atom is 0.177 e. The molecule has 118 valence electrons. The van der Waals surface area contributed by atoms with E-state index >= 15 is 0 Å². The Balaban J connectivity index is 2.03. The summed E-state index contributed by atoms with van der Waals surface area (Å²) in [6.45, 7) is 0. The molecule has 24 heavy (non-hydrogen) atoms. The molecule has 0 spiro atoms. The van der Waals surface area contributed by atoms with Crippen molar-refractivity contribution in [1.29, 1.82) is 0 Å². The van der Waals surface area contributed by atoms with Crippen molar-refractivity contribution in [3.05, 3.63) is 77.0 Å². The molecule has 2 nitrogen and oxygen atoms in total. The summed E-state index contributed by atoms with van der Waals surface area (Å²) < 4.78 is 20.6. The van der Waals surface area contributed by atoms with Crippen LogP contribution in [0.3, 0.4) is 0 Å². The van der Waals surface area contributed by atoms with E-state index in [-0.39, 0.29) is 17.2 Å². The lowest BCUT2D eigenvalue weighted by molar-refractivity contribution is 0.403. The summed E-state index contributed by atoms with van der Waals surface area (Å²) in [5.74, 6) is -0.181. The van der Waals surface area contributed by atoms with Gasteiger partial charge in [-0.05, 0) is 29.0 Å². The third-order valence-corrected chi connectivity index (χ3v) is 4.46. The van der Waals surface area contributed by atoms with Crippen LogP contribution in [-0.2, 0) is 0 Å². The van der Waals surface area contributed by atoms with E-state index in [0.717, 1.165) is 16.2 Å². The lowest BCUT2D eigenvalue weighted by atomic mass is 10.00. The molecule has 4 aromatic carbocycles. The second-order valence-corrected chi connectivity index (χ2v) is 6.36. The molecule has 0 saturated carbocycles. The second kappa shape index (κ2) is 5.80. The van der Waals surface area contributed by atoms with Gasteiger partial charge in [0.25, 0.3) is 0 Å².